The number of carboxylic acid groups (broad SMARTS) is 1. The van der Waals surface area contributed by atoms with Gasteiger partial charge in [-0.2, -0.15) is 5.10 Å². The molecule has 4 rings (SSSR count). The average molecular weight is 386 g/mol. The van der Waals surface area contributed by atoms with Crippen LogP contribution >= 0.6 is 0 Å². The van der Waals surface area contributed by atoms with Crippen LogP contribution in [0, 0.1) is 5.82 Å². The molecule has 1 aliphatic heterocycles. The molecule has 0 radical (unpaired) electrons. The summed E-state index contributed by atoms with van der Waals surface area (Å²) in [6, 6.07) is 22.9. The Morgan fingerprint density at radius 3 is 2.34 bits per heavy atom. The lowest BCUT2D eigenvalue weighted by molar-refractivity contribution is 0.0697. The van der Waals surface area contributed by atoms with Crippen LogP contribution in [0.1, 0.15) is 27.9 Å². The van der Waals surface area contributed by atoms with Gasteiger partial charge in [0.15, 0.2) is 0 Å². The molecule has 0 fully saturated rings. The van der Waals surface area contributed by atoms with E-state index in [1.807, 2.05) is 41.4 Å². The quantitative estimate of drug-likeness (QED) is 0.654. The number of aromatic carboxylic acids is 1. The Morgan fingerprint density at radius 1 is 1.00 bits per heavy atom. The summed E-state index contributed by atoms with van der Waals surface area (Å²) in [5, 5.41) is 15.8. The molecule has 29 heavy (non-hydrogen) atoms. The molecule has 0 aromatic heterocycles. The number of rotatable bonds is 5. The lowest BCUT2D eigenvalue weighted by Gasteiger charge is -2.21. The van der Waals surface area contributed by atoms with Crippen molar-refractivity contribution < 1.29 is 14.3 Å². The fourth-order valence-electron chi connectivity index (χ4n) is 3.29. The zero-order valence-electron chi connectivity index (χ0n) is 15.6. The number of carboxylic acids is 1. The highest BCUT2D eigenvalue weighted by atomic mass is 19.1. The lowest BCUT2D eigenvalue weighted by atomic mass is 10.0. The van der Waals surface area contributed by atoms with E-state index in [1.165, 1.54) is 12.1 Å². The van der Waals surface area contributed by atoms with Crippen LogP contribution in [0.2, 0.25) is 0 Å². The van der Waals surface area contributed by atoms with Crippen LogP contribution in [0.15, 0.2) is 90.0 Å². The van der Waals surface area contributed by atoms with Gasteiger partial charge in [0, 0.05) is 6.42 Å². The van der Waals surface area contributed by atoms with E-state index >= 15 is 0 Å². The van der Waals surface area contributed by atoms with Gasteiger partial charge in [0.25, 0.3) is 0 Å². The van der Waals surface area contributed by atoms with Crippen molar-refractivity contribution in [3.63, 3.8) is 0 Å². The molecular formula is C24H19FN2O2. The van der Waals surface area contributed by atoms with Gasteiger partial charge in [0.1, 0.15) is 5.82 Å². The van der Waals surface area contributed by atoms with Crippen LogP contribution in [0.5, 0.6) is 0 Å². The van der Waals surface area contributed by atoms with Crippen molar-refractivity contribution in [2.24, 2.45) is 5.10 Å². The van der Waals surface area contributed by atoms with Crippen LogP contribution in [0.3, 0.4) is 0 Å². The summed E-state index contributed by atoms with van der Waals surface area (Å²) in [5.74, 6) is -1.25. The maximum Gasteiger partial charge on any atom is 0.335 e. The van der Waals surface area contributed by atoms with E-state index in [0.717, 1.165) is 22.5 Å². The number of benzene rings is 3. The fourth-order valence-corrected chi connectivity index (χ4v) is 3.29. The highest BCUT2D eigenvalue weighted by Gasteiger charge is 2.26. The highest BCUT2D eigenvalue weighted by molar-refractivity contribution is 6.03. The third-order valence-electron chi connectivity index (χ3n) is 4.81. The summed E-state index contributed by atoms with van der Waals surface area (Å²) in [7, 11) is 0. The maximum atomic E-state index is 13.3. The third-order valence-corrected chi connectivity index (χ3v) is 4.81. The molecule has 3 aromatic carbocycles. The number of carbonyl (C=O) groups is 1. The number of nitrogens with zero attached hydrogens (tertiary/aromatic N) is 2. The maximum absolute atomic E-state index is 13.3. The molecule has 0 amide bonds. The molecule has 0 spiro atoms. The van der Waals surface area contributed by atoms with Gasteiger partial charge < -0.3 is 5.11 Å². The van der Waals surface area contributed by atoms with Gasteiger partial charge in [-0.1, -0.05) is 54.6 Å². The monoisotopic (exact) mass is 386 g/mol. The van der Waals surface area contributed by atoms with Gasteiger partial charge in [-0.15, -0.1) is 0 Å². The van der Waals surface area contributed by atoms with Gasteiger partial charge >= 0.3 is 5.97 Å². The van der Waals surface area contributed by atoms with E-state index in [0.29, 0.717) is 6.42 Å². The Kier molecular flexibility index (Phi) is 5.20. The molecule has 3 aromatic rings. The lowest BCUT2D eigenvalue weighted by Crippen LogP contribution is -2.24. The molecule has 144 valence electrons. The first kappa shape index (κ1) is 18.6. The molecule has 0 saturated heterocycles. The number of hydrazone groups is 1. The smallest absolute Gasteiger partial charge is 0.335 e. The average Bonchev–Trinajstić information content (AvgIpc) is 3.18. The summed E-state index contributed by atoms with van der Waals surface area (Å²) in [6.45, 7) is 0. The van der Waals surface area contributed by atoms with Gasteiger partial charge in [-0.3, -0.25) is 5.01 Å². The largest absolute Gasteiger partial charge is 0.478 e. The molecule has 0 saturated carbocycles. The van der Waals surface area contributed by atoms with E-state index in [1.54, 1.807) is 36.4 Å². The summed E-state index contributed by atoms with van der Waals surface area (Å²) < 4.78 is 13.3. The predicted molar refractivity (Wildman–Crippen MR) is 113 cm³/mol. The van der Waals surface area contributed by atoms with Crippen molar-refractivity contribution >= 4 is 23.4 Å². The third kappa shape index (κ3) is 4.24. The standard InChI is InChI=1S/C24H19FN2O2/c25-20-11-7-18(8-12-20)23-16-22(13-6-17-4-2-1-3-5-17)27(26-23)21-14-9-19(10-15-21)24(28)29/h1-15,22H,16H2,(H,28,29)/b13-6+/t22-/m1/s1. The van der Waals surface area contributed by atoms with Gasteiger partial charge in [0.05, 0.1) is 23.0 Å². The van der Waals surface area contributed by atoms with Crippen molar-refractivity contribution in [3.8, 4) is 0 Å². The van der Waals surface area contributed by atoms with Gasteiger partial charge in [0.2, 0.25) is 0 Å². The van der Waals surface area contributed by atoms with Crippen molar-refractivity contribution in [2.75, 3.05) is 5.01 Å². The summed E-state index contributed by atoms with van der Waals surface area (Å²) >= 11 is 0. The molecule has 0 bridgehead atoms. The first-order valence-electron chi connectivity index (χ1n) is 9.29. The predicted octanol–water partition coefficient (Wildman–Crippen LogP) is 5.22. The van der Waals surface area contributed by atoms with E-state index in [9.17, 15) is 9.18 Å². The molecule has 4 nitrogen and oxygen atoms in total. The number of anilines is 1. The SMILES string of the molecule is O=C(O)c1ccc(N2N=C(c3ccc(F)cc3)C[C@H]2/C=C/c2ccccc2)cc1. The first-order chi connectivity index (χ1) is 14.1. The molecule has 1 aliphatic rings. The van der Waals surface area contributed by atoms with Crippen molar-refractivity contribution in [2.45, 2.75) is 12.5 Å². The number of hydrogen-bond donors (Lipinski definition) is 1. The van der Waals surface area contributed by atoms with Crippen LogP contribution in [0.4, 0.5) is 10.1 Å². The Balaban J connectivity index is 1.66. The topological polar surface area (TPSA) is 52.9 Å². The Morgan fingerprint density at radius 2 is 1.69 bits per heavy atom. The molecular weight excluding hydrogens is 367 g/mol. The van der Waals surface area contributed by atoms with E-state index in [4.69, 9.17) is 10.2 Å². The van der Waals surface area contributed by atoms with Crippen LogP contribution in [-0.2, 0) is 0 Å². The number of halogens is 1. The second kappa shape index (κ2) is 8.10. The molecule has 0 aliphatic carbocycles. The Hall–Kier alpha value is -3.73. The molecule has 1 atom stereocenters. The Bertz CT molecular complexity index is 1060. The van der Waals surface area contributed by atoms with Crippen molar-refractivity contribution in [1.82, 2.24) is 0 Å². The minimum absolute atomic E-state index is 0.0362. The van der Waals surface area contributed by atoms with Crippen LogP contribution in [0.25, 0.3) is 6.08 Å². The minimum atomic E-state index is -0.964. The zero-order chi connectivity index (χ0) is 20.2. The van der Waals surface area contributed by atoms with Crippen LogP contribution in [-0.4, -0.2) is 22.8 Å². The zero-order valence-corrected chi connectivity index (χ0v) is 15.6. The highest BCUT2D eigenvalue weighted by Crippen LogP contribution is 2.28. The second-order valence-corrected chi connectivity index (χ2v) is 6.79. The summed E-state index contributed by atoms with van der Waals surface area (Å²) in [5.41, 5.74) is 3.84. The van der Waals surface area contributed by atoms with Crippen molar-refractivity contribution in [3.05, 3.63) is 107 Å². The summed E-state index contributed by atoms with van der Waals surface area (Å²) in [4.78, 5) is 11.1. The summed E-state index contributed by atoms with van der Waals surface area (Å²) in [6.07, 6.45) is 4.79. The molecule has 1 N–H and O–H groups in total. The molecule has 1 heterocycles. The van der Waals surface area contributed by atoms with Gasteiger partial charge in [-0.25, -0.2) is 9.18 Å². The van der Waals surface area contributed by atoms with E-state index in [-0.39, 0.29) is 17.4 Å². The van der Waals surface area contributed by atoms with E-state index in [2.05, 4.69) is 6.08 Å². The Labute approximate surface area is 168 Å². The van der Waals surface area contributed by atoms with Gasteiger partial charge in [-0.05, 0) is 47.5 Å². The second-order valence-electron chi connectivity index (χ2n) is 6.79. The van der Waals surface area contributed by atoms with E-state index < -0.39 is 5.97 Å². The molecule has 0 unspecified atom stereocenters. The number of hydrogen-bond acceptors (Lipinski definition) is 3. The fraction of sp³-hybridized carbons (Fsp3) is 0.0833. The normalized spacial score (nSPS) is 16.2. The van der Waals surface area contributed by atoms with Crippen molar-refractivity contribution in [1.29, 1.82) is 0 Å². The minimum Gasteiger partial charge on any atom is -0.478 e. The molecule has 5 heteroatoms. The van der Waals surface area contributed by atoms with Crippen LogP contribution < -0.4 is 5.01 Å². The first-order valence-corrected chi connectivity index (χ1v) is 9.29.